The zero-order valence-corrected chi connectivity index (χ0v) is 9.23. The molecule has 1 nitrogen and oxygen atoms in total. The van der Waals surface area contributed by atoms with Gasteiger partial charge in [0.1, 0.15) is 5.82 Å². The third-order valence-electron chi connectivity index (χ3n) is 2.45. The average Bonchev–Trinajstić information content (AvgIpc) is 2.14. The van der Waals surface area contributed by atoms with Crippen LogP contribution < -0.4 is 0 Å². The molecule has 0 spiro atoms. The molecule has 1 N–H and O–H groups in total. The van der Waals surface area contributed by atoms with Crippen molar-refractivity contribution < 1.29 is 31.4 Å². The summed E-state index contributed by atoms with van der Waals surface area (Å²) in [4.78, 5) is 0. The minimum absolute atomic E-state index is 0.215. The Kier molecular flexibility index (Phi) is 3.67. The molecule has 0 fully saturated rings. The molecule has 18 heavy (non-hydrogen) atoms. The van der Waals surface area contributed by atoms with Crippen molar-refractivity contribution in [1.82, 2.24) is 0 Å². The summed E-state index contributed by atoms with van der Waals surface area (Å²) in [6, 6.07) is 3.66. The summed E-state index contributed by atoms with van der Waals surface area (Å²) < 4.78 is 74.3. The normalized spacial score (nSPS) is 16.4. The fraction of sp³-hybridized carbons (Fsp3) is 0.455. The summed E-state index contributed by atoms with van der Waals surface area (Å²) in [6.45, 7) is 0.819. The van der Waals surface area contributed by atoms with Crippen molar-refractivity contribution in [3.05, 3.63) is 35.6 Å². The van der Waals surface area contributed by atoms with E-state index in [4.69, 9.17) is 0 Å². The van der Waals surface area contributed by atoms with Gasteiger partial charge >= 0.3 is 12.1 Å². The first-order chi connectivity index (χ1) is 7.96. The Bertz CT molecular complexity index is 407. The molecule has 0 aliphatic rings. The van der Waals surface area contributed by atoms with Gasteiger partial charge in [-0.05, 0) is 24.6 Å². The molecule has 0 heterocycles. The molecule has 0 aliphatic heterocycles. The van der Waals surface area contributed by atoms with E-state index in [0.29, 0.717) is 0 Å². The van der Waals surface area contributed by atoms with Crippen LogP contribution in [0.5, 0.6) is 0 Å². The Balaban J connectivity index is 2.98. The second-order valence-corrected chi connectivity index (χ2v) is 4.16. The maximum Gasteiger partial charge on any atom is 0.453 e. The van der Waals surface area contributed by atoms with Crippen molar-refractivity contribution >= 4 is 0 Å². The summed E-state index contributed by atoms with van der Waals surface area (Å²) in [5, 5.41) is 9.67. The number of aliphatic hydroxyl groups is 1. The number of rotatable bonds is 3. The molecular weight excluding hydrogens is 262 g/mol. The van der Waals surface area contributed by atoms with Gasteiger partial charge in [-0.1, -0.05) is 12.1 Å². The van der Waals surface area contributed by atoms with E-state index < -0.39 is 29.9 Å². The Labute approximate surface area is 99.0 Å². The van der Waals surface area contributed by atoms with Gasteiger partial charge in [0.25, 0.3) is 0 Å². The van der Waals surface area contributed by atoms with E-state index in [0.717, 1.165) is 31.2 Å². The molecule has 0 saturated carbocycles. The van der Waals surface area contributed by atoms with Crippen LogP contribution in [-0.4, -0.2) is 17.2 Å². The SMILES string of the molecule is CC(O)(CC(F)(F)C(F)(F)F)c1ccc(F)cc1. The molecule has 7 heteroatoms. The number of benzene rings is 1. The van der Waals surface area contributed by atoms with Crippen LogP contribution in [0.15, 0.2) is 24.3 Å². The summed E-state index contributed by atoms with van der Waals surface area (Å²) in [5.74, 6) is -5.71. The molecule has 1 atom stereocenters. The third kappa shape index (κ3) is 3.16. The maximum absolute atomic E-state index is 12.8. The van der Waals surface area contributed by atoms with Crippen LogP contribution >= 0.6 is 0 Å². The van der Waals surface area contributed by atoms with E-state index in [1.807, 2.05) is 0 Å². The summed E-state index contributed by atoms with van der Waals surface area (Å²) in [7, 11) is 0. The molecule has 1 aromatic rings. The number of hydrogen-bond acceptors (Lipinski definition) is 1. The molecule has 1 aromatic carbocycles. The molecule has 1 unspecified atom stereocenters. The van der Waals surface area contributed by atoms with Crippen molar-refractivity contribution in [2.24, 2.45) is 0 Å². The third-order valence-corrected chi connectivity index (χ3v) is 2.45. The summed E-state index contributed by atoms with van der Waals surface area (Å²) >= 11 is 0. The molecule has 102 valence electrons. The zero-order chi connectivity index (χ0) is 14.2. The lowest BCUT2D eigenvalue weighted by atomic mass is 9.89. The maximum atomic E-state index is 12.8. The van der Waals surface area contributed by atoms with E-state index in [-0.39, 0.29) is 5.56 Å². The van der Waals surface area contributed by atoms with Gasteiger partial charge < -0.3 is 5.11 Å². The average molecular weight is 272 g/mol. The van der Waals surface area contributed by atoms with Gasteiger partial charge in [0.05, 0.1) is 12.0 Å². The van der Waals surface area contributed by atoms with E-state index in [1.54, 1.807) is 0 Å². The van der Waals surface area contributed by atoms with Gasteiger partial charge in [0, 0.05) is 0 Å². The minimum atomic E-state index is -5.74. The van der Waals surface area contributed by atoms with Crippen molar-refractivity contribution in [3.8, 4) is 0 Å². The second-order valence-electron chi connectivity index (χ2n) is 4.16. The van der Waals surface area contributed by atoms with Crippen molar-refractivity contribution in [2.75, 3.05) is 0 Å². The molecule has 0 bridgehead atoms. The summed E-state index contributed by atoms with van der Waals surface area (Å²) in [5.41, 5.74) is -2.62. The van der Waals surface area contributed by atoms with Crippen LogP contribution in [-0.2, 0) is 5.60 Å². The highest BCUT2D eigenvalue weighted by Crippen LogP contribution is 2.43. The molecule has 0 radical (unpaired) electrons. The quantitative estimate of drug-likeness (QED) is 0.833. The fourth-order valence-electron chi connectivity index (χ4n) is 1.44. The summed E-state index contributed by atoms with van der Waals surface area (Å²) in [6.07, 6.45) is -7.56. The van der Waals surface area contributed by atoms with Crippen LogP contribution in [0.2, 0.25) is 0 Å². The first kappa shape index (κ1) is 14.8. The van der Waals surface area contributed by atoms with Gasteiger partial charge in [-0.2, -0.15) is 22.0 Å². The molecule has 0 aromatic heterocycles. The first-order valence-corrected chi connectivity index (χ1v) is 4.89. The number of halogens is 6. The smallest absolute Gasteiger partial charge is 0.385 e. The topological polar surface area (TPSA) is 20.2 Å². The van der Waals surface area contributed by atoms with Gasteiger partial charge in [-0.3, -0.25) is 0 Å². The predicted molar refractivity (Wildman–Crippen MR) is 51.6 cm³/mol. The van der Waals surface area contributed by atoms with Gasteiger partial charge in [-0.25, -0.2) is 4.39 Å². The molecule has 0 saturated heterocycles. The van der Waals surface area contributed by atoms with Crippen molar-refractivity contribution in [1.29, 1.82) is 0 Å². The second kappa shape index (κ2) is 4.46. The Morgan fingerprint density at radius 1 is 1.00 bits per heavy atom. The van der Waals surface area contributed by atoms with Crippen molar-refractivity contribution in [2.45, 2.75) is 31.0 Å². The van der Waals surface area contributed by atoms with Gasteiger partial charge in [0.15, 0.2) is 0 Å². The van der Waals surface area contributed by atoms with Gasteiger partial charge in [-0.15, -0.1) is 0 Å². The van der Waals surface area contributed by atoms with Crippen molar-refractivity contribution in [3.63, 3.8) is 0 Å². The Morgan fingerprint density at radius 3 is 1.83 bits per heavy atom. The fourth-order valence-corrected chi connectivity index (χ4v) is 1.44. The first-order valence-electron chi connectivity index (χ1n) is 4.89. The molecule has 1 rings (SSSR count). The predicted octanol–water partition coefficient (Wildman–Crippen LogP) is 3.62. The lowest BCUT2D eigenvalue weighted by molar-refractivity contribution is -0.296. The Hall–Kier alpha value is -1.24. The standard InChI is InChI=1S/C11H10F6O/c1-9(18,6-10(13,14)11(15,16)17)7-2-4-8(12)5-3-7/h2-5,18H,6H2,1H3. The van der Waals surface area contributed by atoms with E-state index in [1.165, 1.54) is 0 Å². The highest BCUT2D eigenvalue weighted by atomic mass is 19.4. The highest BCUT2D eigenvalue weighted by molar-refractivity contribution is 5.22. The van der Waals surface area contributed by atoms with Crippen LogP contribution in [0, 0.1) is 5.82 Å². The Morgan fingerprint density at radius 2 is 1.44 bits per heavy atom. The largest absolute Gasteiger partial charge is 0.453 e. The highest BCUT2D eigenvalue weighted by Gasteiger charge is 2.59. The van der Waals surface area contributed by atoms with E-state index in [2.05, 4.69) is 0 Å². The van der Waals surface area contributed by atoms with Crippen LogP contribution in [0.4, 0.5) is 26.3 Å². The molecule has 0 amide bonds. The van der Waals surface area contributed by atoms with Crippen LogP contribution in [0.3, 0.4) is 0 Å². The minimum Gasteiger partial charge on any atom is -0.385 e. The lowest BCUT2D eigenvalue weighted by Crippen LogP contribution is -2.42. The van der Waals surface area contributed by atoms with Crippen LogP contribution in [0.25, 0.3) is 0 Å². The van der Waals surface area contributed by atoms with Gasteiger partial charge in [0.2, 0.25) is 0 Å². The monoisotopic (exact) mass is 272 g/mol. The molecule has 0 aliphatic carbocycles. The number of hydrogen-bond donors (Lipinski definition) is 1. The van der Waals surface area contributed by atoms with E-state index >= 15 is 0 Å². The molecular formula is C11H10F6O. The van der Waals surface area contributed by atoms with E-state index in [9.17, 15) is 31.4 Å². The van der Waals surface area contributed by atoms with Crippen LogP contribution in [0.1, 0.15) is 18.9 Å². The lowest BCUT2D eigenvalue weighted by Gasteiger charge is -2.29. The number of alkyl halides is 5. The zero-order valence-electron chi connectivity index (χ0n) is 9.23.